The first-order chi connectivity index (χ1) is 11.4. The van der Waals surface area contributed by atoms with Crippen LogP contribution in [0, 0.1) is 19.7 Å². The number of likely N-dealkylation sites (N-methyl/N-ethyl adjacent to an activating group) is 1. The highest BCUT2D eigenvalue weighted by atomic mass is 19.1. The van der Waals surface area contributed by atoms with Gasteiger partial charge in [-0.1, -0.05) is 12.1 Å². The Morgan fingerprint density at radius 2 is 1.88 bits per heavy atom. The predicted octanol–water partition coefficient (Wildman–Crippen LogP) is 1.97. The third-order valence-corrected chi connectivity index (χ3v) is 3.56. The van der Waals surface area contributed by atoms with E-state index >= 15 is 0 Å². The van der Waals surface area contributed by atoms with Gasteiger partial charge in [0.1, 0.15) is 24.7 Å². The zero-order valence-corrected chi connectivity index (χ0v) is 14.4. The van der Waals surface area contributed by atoms with Crippen molar-refractivity contribution in [3.63, 3.8) is 0 Å². The van der Waals surface area contributed by atoms with E-state index in [1.54, 1.807) is 12.1 Å². The lowest BCUT2D eigenvalue weighted by Crippen LogP contribution is -3.10. The summed E-state index contributed by atoms with van der Waals surface area (Å²) in [6.45, 7) is 5.60. The summed E-state index contributed by atoms with van der Waals surface area (Å²) < 4.78 is 18.8. The van der Waals surface area contributed by atoms with Gasteiger partial charge in [-0.25, -0.2) is 4.39 Å². The summed E-state index contributed by atoms with van der Waals surface area (Å²) in [5.74, 6) is 0.337. The van der Waals surface area contributed by atoms with Crippen molar-refractivity contribution in [2.75, 3.05) is 32.1 Å². The van der Waals surface area contributed by atoms with Crippen LogP contribution in [0.25, 0.3) is 0 Å². The van der Waals surface area contributed by atoms with E-state index in [1.807, 2.05) is 33.0 Å². The second-order valence-corrected chi connectivity index (χ2v) is 6.11. The summed E-state index contributed by atoms with van der Waals surface area (Å²) in [6, 6.07) is 12.0. The molecular weight excluding hydrogens is 307 g/mol. The molecule has 0 aliphatic rings. The van der Waals surface area contributed by atoms with Crippen molar-refractivity contribution in [3.8, 4) is 5.75 Å². The summed E-state index contributed by atoms with van der Waals surface area (Å²) in [4.78, 5) is 13.0. The van der Waals surface area contributed by atoms with E-state index in [4.69, 9.17) is 4.74 Å². The van der Waals surface area contributed by atoms with E-state index in [-0.39, 0.29) is 11.7 Å². The molecule has 1 atom stereocenters. The van der Waals surface area contributed by atoms with Crippen molar-refractivity contribution in [2.45, 2.75) is 13.8 Å². The molecule has 2 N–H and O–H groups in total. The minimum Gasteiger partial charge on any atom is -0.488 e. The Bertz CT molecular complexity index is 683. The van der Waals surface area contributed by atoms with E-state index in [0.717, 1.165) is 10.6 Å². The standard InChI is InChI=1S/C19H23FN2O2/c1-14-9-15(2)11-18(10-14)24-8-7-22(3)13-19(23)21-17-6-4-5-16(20)12-17/h4-6,9-12H,7-8,13H2,1-3H3,(H,21,23)/p+1. The van der Waals surface area contributed by atoms with Gasteiger partial charge in [0, 0.05) is 5.69 Å². The molecule has 0 bridgehead atoms. The van der Waals surface area contributed by atoms with Gasteiger partial charge >= 0.3 is 0 Å². The van der Waals surface area contributed by atoms with Gasteiger partial charge in [0.15, 0.2) is 6.54 Å². The zero-order valence-electron chi connectivity index (χ0n) is 14.4. The number of carbonyl (C=O) groups excluding carboxylic acids is 1. The van der Waals surface area contributed by atoms with Crippen LogP contribution >= 0.6 is 0 Å². The van der Waals surface area contributed by atoms with E-state index in [9.17, 15) is 9.18 Å². The van der Waals surface area contributed by atoms with Crippen LogP contribution in [0.2, 0.25) is 0 Å². The highest BCUT2D eigenvalue weighted by molar-refractivity contribution is 5.91. The predicted molar refractivity (Wildman–Crippen MR) is 93.1 cm³/mol. The Labute approximate surface area is 142 Å². The second-order valence-electron chi connectivity index (χ2n) is 6.11. The lowest BCUT2D eigenvalue weighted by Gasteiger charge is -2.15. The number of ether oxygens (including phenoxy) is 1. The number of halogens is 1. The summed E-state index contributed by atoms with van der Waals surface area (Å²) in [5.41, 5.74) is 2.81. The largest absolute Gasteiger partial charge is 0.488 e. The van der Waals surface area contributed by atoms with Crippen molar-refractivity contribution >= 4 is 11.6 Å². The molecule has 4 nitrogen and oxygen atoms in total. The van der Waals surface area contributed by atoms with Gasteiger partial charge in [0.05, 0.1) is 7.05 Å². The second kappa shape index (κ2) is 8.45. The van der Waals surface area contributed by atoms with E-state index in [2.05, 4.69) is 11.4 Å². The molecule has 128 valence electrons. The molecule has 0 saturated heterocycles. The maximum absolute atomic E-state index is 13.1. The van der Waals surface area contributed by atoms with Gasteiger partial charge in [-0.2, -0.15) is 0 Å². The summed E-state index contributed by atoms with van der Waals surface area (Å²) in [7, 11) is 1.93. The first kappa shape index (κ1) is 17.9. The van der Waals surface area contributed by atoms with E-state index < -0.39 is 0 Å². The van der Waals surface area contributed by atoms with Crippen molar-refractivity contribution in [2.24, 2.45) is 0 Å². The van der Waals surface area contributed by atoms with Gasteiger partial charge in [-0.3, -0.25) is 4.79 Å². The monoisotopic (exact) mass is 331 g/mol. The summed E-state index contributed by atoms with van der Waals surface area (Å²) in [5, 5.41) is 2.70. The molecule has 0 fully saturated rings. The third kappa shape index (κ3) is 6.01. The van der Waals surface area contributed by atoms with Gasteiger partial charge in [0.2, 0.25) is 0 Å². The molecule has 5 heteroatoms. The smallest absolute Gasteiger partial charge is 0.279 e. The fourth-order valence-electron chi connectivity index (χ4n) is 2.49. The minimum atomic E-state index is -0.365. The van der Waals surface area contributed by atoms with Crippen molar-refractivity contribution in [1.29, 1.82) is 0 Å². The molecule has 2 aromatic rings. The SMILES string of the molecule is Cc1cc(C)cc(OCC[NH+](C)CC(=O)Nc2cccc(F)c2)c1. The molecule has 0 heterocycles. The number of hydrogen-bond donors (Lipinski definition) is 2. The van der Waals surface area contributed by atoms with Crippen LogP contribution in [0.1, 0.15) is 11.1 Å². The number of quaternary nitrogens is 1. The van der Waals surface area contributed by atoms with Crippen LogP contribution in [0.5, 0.6) is 5.75 Å². The molecule has 0 aliphatic heterocycles. The lowest BCUT2D eigenvalue weighted by molar-refractivity contribution is -0.871. The third-order valence-electron chi connectivity index (χ3n) is 3.56. The number of anilines is 1. The van der Waals surface area contributed by atoms with Gasteiger partial charge in [-0.15, -0.1) is 0 Å². The van der Waals surface area contributed by atoms with Crippen LogP contribution in [-0.2, 0) is 4.79 Å². The van der Waals surface area contributed by atoms with Gasteiger partial charge in [-0.05, 0) is 55.3 Å². The average Bonchev–Trinajstić information content (AvgIpc) is 2.45. The molecule has 0 aliphatic carbocycles. The van der Waals surface area contributed by atoms with E-state index in [1.165, 1.54) is 23.3 Å². The molecule has 1 unspecified atom stereocenters. The number of benzene rings is 2. The molecule has 1 amide bonds. The Morgan fingerprint density at radius 1 is 1.17 bits per heavy atom. The number of rotatable bonds is 7. The fraction of sp³-hybridized carbons (Fsp3) is 0.316. The quantitative estimate of drug-likeness (QED) is 0.815. The van der Waals surface area contributed by atoms with Crippen molar-refractivity contribution < 1.29 is 18.8 Å². The number of amides is 1. The molecular formula is C19H24FN2O2+. The maximum atomic E-state index is 13.1. The molecule has 0 saturated carbocycles. The number of aryl methyl sites for hydroxylation is 2. The first-order valence-electron chi connectivity index (χ1n) is 8.00. The topological polar surface area (TPSA) is 42.8 Å². The van der Waals surface area contributed by atoms with Crippen LogP contribution in [0.4, 0.5) is 10.1 Å². The van der Waals surface area contributed by atoms with Crippen LogP contribution in [0.15, 0.2) is 42.5 Å². The van der Waals surface area contributed by atoms with Crippen molar-refractivity contribution in [3.05, 3.63) is 59.4 Å². The Hall–Kier alpha value is -2.40. The number of nitrogens with one attached hydrogen (secondary N) is 2. The highest BCUT2D eigenvalue weighted by Gasteiger charge is 2.10. The summed E-state index contributed by atoms with van der Waals surface area (Å²) in [6.07, 6.45) is 0. The minimum absolute atomic E-state index is 0.149. The highest BCUT2D eigenvalue weighted by Crippen LogP contribution is 2.15. The van der Waals surface area contributed by atoms with Crippen molar-refractivity contribution in [1.82, 2.24) is 0 Å². The molecule has 0 radical (unpaired) electrons. The molecule has 2 rings (SSSR count). The number of hydrogen-bond acceptors (Lipinski definition) is 2. The number of carbonyl (C=O) groups is 1. The summed E-state index contributed by atoms with van der Waals surface area (Å²) >= 11 is 0. The van der Waals surface area contributed by atoms with Crippen LogP contribution in [0.3, 0.4) is 0 Å². The zero-order chi connectivity index (χ0) is 17.5. The Morgan fingerprint density at radius 3 is 2.54 bits per heavy atom. The van der Waals surface area contributed by atoms with Crippen LogP contribution in [-0.4, -0.2) is 32.7 Å². The fourth-order valence-corrected chi connectivity index (χ4v) is 2.49. The van der Waals surface area contributed by atoms with Gasteiger partial charge < -0.3 is 15.0 Å². The van der Waals surface area contributed by atoms with Crippen LogP contribution < -0.4 is 15.0 Å². The molecule has 0 aromatic heterocycles. The molecule has 0 spiro atoms. The van der Waals surface area contributed by atoms with Gasteiger partial charge in [0.25, 0.3) is 5.91 Å². The first-order valence-corrected chi connectivity index (χ1v) is 8.00. The average molecular weight is 331 g/mol. The maximum Gasteiger partial charge on any atom is 0.279 e. The molecule has 24 heavy (non-hydrogen) atoms. The Kier molecular flexibility index (Phi) is 6.32. The molecule has 2 aromatic carbocycles. The lowest BCUT2D eigenvalue weighted by atomic mass is 10.1. The van der Waals surface area contributed by atoms with E-state index in [0.29, 0.717) is 25.4 Å². The Balaban J connectivity index is 1.74. The normalized spacial score (nSPS) is 11.8.